The number of rotatable bonds is 5. The van der Waals surface area contributed by atoms with Crippen molar-refractivity contribution in [1.29, 1.82) is 0 Å². The van der Waals surface area contributed by atoms with Crippen molar-refractivity contribution >= 4 is 29.2 Å². The number of anilines is 1. The highest BCUT2D eigenvalue weighted by molar-refractivity contribution is 7.92. The van der Waals surface area contributed by atoms with Crippen LogP contribution in [0.5, 0.6) is 0 Å². The number of alkyl halides is 3. The van der Waals surface area contributed by atoms with Crippen LogP contribution in [0.25, 0.3) is 0 Å². The normalized spacial score (nSPS) is 12.9. The molecule has 0 aromatic heterocycles. The molecule has 136 valence electrons. The van der Waals surface area contributed by atoms with Gasteiger partial charge in [0.15, 0.2) is 0 Å². The summed E-state index contributed by atoms with van der Waals surface area (Å²) in [5.74, 6) is 0. The van der Waals surface area contributed by atoms with Crippen LogP contribution in [0.3, 0.4) is 0 Å². The summed E-state index contributed by atoms with van der Waals surface area (Å²) < 4.78 is 64.6. The summed E-state index contributed by atoms with van der Waals surface area (Å²) in [4.78, 5) is 9.85. The van der Waals surface area contributed by atoms with E-state index in [1.165, 1.54) is 48.5 Å². The summed E-state index contributed by atoms with van der Waals surface area (Å²) in [6.07, 6.45) is -4.70. The van der Waals surface area contributed by atoms with Crippen LogP contribution in [-0.2, 0) is 10.0 Å². The molecule has 25 heavy (non-hydrogen) atoms. The van der Waals surface area contributed by atoms with Gasteiger partial charge in [0.05, 0.1) is 10.6 Å². The standard InChI is InChI=1S/C16H18F3NO3SSi/c1-25(2,23)15-10-8-13(9-11-15)20(12-16(17,18)19)24(21,22)14-6-4-3-5-7-14/h3-11,23H,12H2,1-2H3. The molecule has 0 saturated heterocycles. The second kappa shape index (κ2) is 6.81. The van der Waals surface area contributed by atoms with Crippen molar-refractivity contribution in [1.82, 2.24) is 0 Å². The van der Waals surface area contributed by atoms with Gasteiger partial charge in [-0.1, -0.05) is 30.3 Å². The minimum atomic E-state index is -4.70. The number of halogens is 3. The van der Waals surface area contributed by atoms with Crippen LogP contribution in [0.15, 0.2) is 59.5 Å². The molecular weight excluding hydrogens is 371 g/mol. The molecule has 1 N–H and O–H groups in total. The van der Waals surface area contributed by atoms with Crippen molar-refractivity contribution in [2.45, 2.75) is 24.2 Å². The summed E-state index contributed by atoms with van der Waals surface area (Å²) in [6, 6.07) is 12.5. The van der Waals surface area contributed by atoms with Crippen molar-refractivity contribution in [3.05, 3.63) is 54.6 Å². The van der Waals surface area contributed by atoms with Gasteiger partial charge in [0.25, 0.3) is 10.0 Å². The molecule has 2 aromatic rings. The average Bonchev–Trinajstić information content (AvgIpc) is 2.52. The van der Waals surface area contributed by atoms with Crippen molar-refractivity contribution in [3.63, 3.8) is 0 Å². The SMILES string of the molecule is C[Si](C)(O)c1ccc(N(CC(F)(F)F)S(=O)(=O)c2ccccc2)cc1. The third-order valence-corrected chi connectivity index (χ3v) is 7.05. The van der Waals surface area contributed by atoms with Crippen LogP contribution < -0.4 is 9.49 Å². The Labute approximate surface area is 145 Å². The molecular formula is C16H18F3NO3SSi. The van der Waals surface area contributed by atoms with E-state index in [-0.39, 0.29) is 10.6 Å². The Hall–Kier alpha value is -1.84. The first-order valence-corrected chi connectivity index (χ1v) is 11.8. The topological polar surface area (TPSA) is 57.6 Å². The fourth-order valence-corrected chi connectivity index (χ4v) is 4.69. The summed E-state index contributed by atoms with van der Waals surface area (Å²) in [5.41, 5.74) is -0.108. The quantitative estimate of drug-likeness (QED) is 0.800. The zero-order chi connectivity index (χ0) is 18.9. The Morgan fingerprint density at radius 2 is 1.52 bits per heavy atom. The number of hydrogen-bond donors (Lipinski definition) is 1. The maximum atomic E-state index is 13.0. The number of hydrogen-bond acceptors (Lipinski definition) is 3. The van der Waals surface area contributed by atoms with Gasteiger partial charge < -0.3 is 4.80 Å². The van der Waals surface area contributed by atoms with Gasteiger partial charge in [-0.15, -0.1) is 0 Å². The van der Waals surface area contributed by atoms with Crippen LogP contribution in [0.2, 0.25) is 13.1 Å². The fourth-order valence-electron chi connectivity index (χ4n) is 2.23. The van der Waals surface area contributed by atoms with Gasteiger partial charge in [0.1, 0.15) is 6.54 Å². The molecule has 0 spiro atoms. The van der Waals surface area contributed by atoms with E-state index in [1.807, 2.05) is 0 Å². The van der Waals surface area contributed by atoms with Crippen molar-refractivity contribution in [3.8, 4) is 0 Å². The van der Waals surface area contributed by atoms with Gasteiger partial charge in [-0.25, -0.2) is 8.42 Å². The molecule has 0 aliphatic rings. The second-order valence-corrected chi connectivity index (χ2v) is 11.6. The Morgan fingerprint density at radius 3 is 1.96 bits per heavy atom. The first kappa shape index (κ1) is 19.5. The average molecular weight is 389 g/mol. The highest BCUT2D eigenvalue weighted by atomic mass is 32.2. The fraction of sp³-hybridized carbons (Fsp3) is 0.250. The maximum absolute atomic E-state index is 13.0. The molecule has 9 heteroatoms. The minimum Gasteiger partial charge on any atom is -0.428 e. The molecule has 2 aromatic carbocycles. The Kier molecular flexibility index (Phi) is 5.31. The zero-order valence-corrected chi connectivity index (χ0v) is 15.5. The first-order chi connectivity index (χ1) is 11.4. The predicted molar refractivity (Wildman–Crippen MR) is 92.8 cm³/mol. The van der Waals surface area contributed by atoms with Crippen LogP contribution >= 0.6 is 0 Å². The Bertz CT molecular complexity index is 816. The maximum Gasteiger partial charge on any atom is 0.407 e. The molecule has 0 fully saturated rings. The van der Waals surface area contributed by atoms with Gasteiger partial charge in [0, 0.05) is 0 Å². The van der Waals surface area contributed by atoms with Gasteiger partial charge in [-0.2, -0.15) is 13.2 Å². The minimum absolute atomic E-state index is 0.108. The van der Waals surface area contributed by atoms with E-state index in [2.05, 4.69) is 0 Å². The van der Waals surface area contributed by atoms with Gasteiger partial charge in [-0.05, 0) is 42.5 Å². The van der Waals surface area contributed by atoms with E-state index in [0.717, 1.165) is 0 Å². The lowest BCUT2D eigenvalue weighted by Gasteiger charge is -2.26. The Balaban J connectivity index is 2.50. The zero-order valence-electron chi connectivity index (χ0n) is 13.7. The molecule has 0 saturated carbocycles. The Morgan fingerprint density at radius 1 is 1.00 bits per heavy atom. The molecule has 0 aliphatic heterocycles. The second-order valence-electron chi connectivity index (χ2n) is 6.05. The molecule has 0 amide bonds. The van der Waals surface area contributed by atoms with E-state index >= 15 is 0 Å². The highest BCUT2D eigenvalue weighted by Gasteiger charge is 2.37. The molecule has 0 heterocycles. The number of sulfonamides is 1. The molecule has 2 rings (SSSR count). The van der Waals surface area contributed by atoms with E-state index in [0.29, 0.717) is 9.49 Å². The third-order valence-electron chi connectivity index (χ3n) is 3.52. The lowest BCUT2D eigenvalue weighted by molar-refractivity contribution is -0.117. The van der Waals surface area contributed by atoms with Crippen LogP contribution in [0.1, 0.15) is 0 Å². The molecule has 0 unspecified atom stereocenters. The lowest BCUT2D eigenvalue weighted by Crippen LogP contribution is -2.42. The summed E-state index contributed by atoms with van der Waals surface area (Å²) in [7, 11) is -7.01. The van der Waals surface area contributed by atoms with E-state index < -0.39 is 31.1 Å². The molecule has 0 radical (unpaired) electrons. The lowest BCUT2D eigenvalue weighted by atomic mass is 10.3. The molecule has 0 bridgehead atoms. The van der Waals surface area contributed by atoms with Crippen molar-refractivity contribution in [2.24, 2.45) is 0 Å². The third kappa shape index (κ3) is 4.83. The summed E-state index contributed by atoms with van der Waals surface area (Å²) in [6.45, 7) is 1.69. The largest absolute Gasteiger partial charge is 0.428 e. The summed E-state index contributed by atoms with van der Waals surface area (Å²) in [5, 5.41) is 0.598. The van der Waals surface area contributed by atoms with Gasteiger partial charge >= 0.3 is 6.18 Å². The monoisotopic (exact) mass is 389 g/mol. The molecule has 4 nitrogen and oxygen atoms in total. The smallest absolute Gasteiger partial charge is 0.407 e. The van der Waals surface area contributed by atoms with Crippen LogP contribution in [0.4, 0.5) is 18.9 Å². The molecule has 0 aliphatic carbocycles. The van der Waals surface area contributed by atoms with Gasteiger partial charge in [-0.3, -0.25) is 4.31 Å². The van der Waals surface area contributed by atoms with Crippen molar-refractivity contribution < 1.29 is 26.4 Å². The van der Waals surface area contributed by atoms with Gasteiger partial charge in [0.2, 0.25) is 8.32 Å². The predicted octanol–water partition coefficient (Wildman–Crippen LogP) is 2.85. The van der Waals surface area contributed by atoms with Crippen molar-refractivity contribution in [2.75, 3.05) is 10.8 Å². The number of nitrogens with zero attached hydrogens (tertiary/aromatic N) is 1. The number of benzene rings is 2. The van der Waals surface area contributed by atoms with Crippen LogP contribution in [0, 0.1) is 0 Å². The van der Waals surface area contributed by atoms with E-state index in [4.69, 9.17) is 0 Å². The van der Waals surface area contributed by atoms with E-state index in [9.17, 15) is 26.4 Å². The summed E-state index contributed by atoms with van der Waals surface area (Å²) >= 11 is 0. The van der Waals surface area contributed by atoms with Crippen LogP contribution in [-0.4, -0.2) is 34.3 Å². The molecule has 0 atom stereocenters. The van der Waals surface area contributed by atoms with E-state index in [1.54, 1.807) is 19.2 Å². The highest BCUT2D eigenvalue weighted by Crippen LogP contribution is 2.28. The first-order valence-electron chi connectivity index (χ1n) is 7.39.